The normalized spacial score (nSPS) is 14.4. The topological polar surface area (TPSA) is 38.8 Å². The molecule has 1 saturated carbocycles. The third-order valence-corrected chi connectivity index (χ3v) is 4.47. The van der Waals surface area contributed by atoms with Crippen molar-refractivity contribution in [2.45, 2.75) is 31.7 Å². The summed E-state index contributed by atoms with van der Waals surface area (Å²) in [6, 6.07) is 5.73. The number of amides is 1. The first-order valence-corrected chi connectivity index (χ1v) is 8.41. The molecule has 5 heteroatoms. The predicted molar refractivity (Wildman–Crippen MR) is 86.6 cm³/mol. The summed E-state index contributed by atoms with van der Waals surface area (Å²) in [7, 11) is 3.19. The number of carbonyl (C=O) groups is 1. The predicted octanol–water partition coefficient (Wildman–Crippen LogP) is 3.48. The lowest BCUT2D eigenvalue weighted by Crippen LogP contribution is -2.44. The van der Waals surface area contributed by atoms with E-state index < -0.39 is 0 Å². The molecule has 1 aromatic rings. The number of hydrogen-bond donors (Lipinski definition) is 0. The van der Waals surface area contributed by atoms with Crippen LogP contribution < -0.4 is 9.47 Å². The van der Waals surface area contributed by atoms with Crippen molar-refractivity contribution in [2.75, 3.05) is 26.1 Å². The Kier molecular flexibility index (Phi) is 5.91. The minimum Gasteiger partial charge on any atom is -0.497 e. The maximum absolute atomic E-state index is 12.8. The first-order valence-electron chi connectivity index (χ1n) is 7.29. The van der Waals surface area contributed by atoms with Gasteiger partial charge in [-0.25, -0.2) is 0 Å². The molecule has 1 aliphatic carbocycles. The molecule has 1 aromatic carbocycles. The zero-order chi connectivity index (χ0) is 15.2. The largest absolute Gasteiger partial charge is 0.497 e. The Balaban J connectivity index is 2.22. The lowest BCUT2D eigenvalue weighted by atomic mass is 9.90. The summed E-state index contributed by atoms with van der Waals surface area (Å²) in [4.78, 5) is 14.8. The van der Waals surface area contributed by atoms with Crippen LogP contribution in [-0.2, 0) is 0 Å². The maximum Gasteiger partial charge on any atom is 0.254 e. The van der Waals surface area contributed by atoms with Crippen LogP contribution in [0.15, 0.2) is 18.2 Å². The number of carbonyl (C=O) groups excluding carboxylic acids is 1. The fourth-order valence-corrected chi connectivity index (χ4v) is 2.73. The molecule has 0 radical (unpaired) electrons. The molecule has 0 unspecified atom stereocenters. The maximum atomic E-state index is 12.8. The molecule has 1 aliphatic rings. The number of hydrogen-bond acceptors (Lipinski definition) is 3. The summed E-state index contributed by atoms with van der Waals surface area (Å²) in [5.74, 6) is 1.36. The Hall–Kier alpha value is -1.23. The lowest BCUT2D eigenvalue weighted by Gasteiger charge is -2.37. The Morgan fingerprint density at radius 3 is 2.29 bits per heavy atom. The highest BCUT2D eigenvalue weighted by Crippen LogP contribution is 2.29. The van der Waals surface area contributed by atoms with Gasteiger partial charge in [-0.15, -0.1) is 0 Å². The van der Waals surface area contributed by atoms with Gasteiger partial charge >= 0.3 is 0 Å². The summed E-state index contributed by atoms with van der Waals surface area (Å²) < 4.78 is 10.5. The first-order chi connectivity index (χ1) is 10.2. The Morgan fingerprint density at radius 2 is 1.86 bits per heavy atom. The van der Waals surface area contributed by atoms with Crippen molar-refractivity contribution in [3.05, 3.63) is 23.8 Å². The van der Waals surface area contributed by atoms with Crippen molar-refractivity contribution >= 4 is 21.8 Å². The quantitative estimate of drug-likeness (QED) is 0.702. The second-order valence-corrected chi connectivity index (χ2v) is 6.02. The number of ether oxygens (including phenoxy) is 2. The molecule has 0 N–H and O–H groups in total. The van der Waals surface area contributed by atoms with E-state index in [2.05, 4.69) is 15.9 Å². The van der Waals surface area contributed by atoms with Crippen LogP contribution in [0.4, 0.5) is 0 Å². The van der Waals surface area contributed by atoms with Gasteiger partial charge in [-0.05, 0) is 37.8 Å². The summed E-state index contributed by atoms with van der Waals surface area (Å²) >= 11 is 3.44. The van der Waals surface area contributed by atoms with E-state index in [-0.39, 0.29) is 5.91 Å². The molecule has 0 aromatic heterocycles. The van der Waals surface area contributed by atoms with Crippen LogP contribution in [0.25, 0.3) is 0 Å². The van der Waals surface area contributed by atoms with Crippen molar-refractivity contribution < 1.29 is 14.3 Å². The monoisotopic (exact) mass is 355 g/mol. The van der Waals surface area contributed by atoms with E-state index in [1.165, 1.54) is 6.42 Å². The molecule has 1 amide bonds. The van der Waals surface area contributed by atoms with Gasteiger partial charge in [0.05, 0.1) is 14.2 Å². The van der Waals surface area contributed by atoms with E-state index in [0.717, 1.165) is 31.1 Å². The molecule has 1 fully saturated rings. The van der Waals surface area contributed by atoms with Crippen LogP contribution >= 0.6 is 15.9 Å². The Labute approximate surface area is 134 Å². The molecule has 21 heavy (non-hydrogen) atoms. The molecule has 0 saturated heterocycles. The Morgan fingerprint density at radius 1 is 1.24 bits per heavy atom. The molecular formula is C16H22BrNO3. The van der Waals surface area contributed by atoms with E-state index >= 15 is 0 Å². The highest BCUT2D eigenvalue weighted by atomic mass is 79.9. The van der Waals surface area contributed by atoms with Crippen LogP contribution in [0.2, 0.25) is 0 Å². The standard InChI is InChI=1S/C16H22BrNO3/c1-20-14-9-12(10-15(11-14)21-2)16(19)18(8-4-7-17)13-5-3-6-13/h9-11,13H,3-8H2,1-2H3. The van der Waals surface area contributed by atoms with Gasteiger partial charge in [-0.1, -0.05) is 15.9 Å². The SMILES string of the molecule is COc1cc(OC)cc(C(=O)N(CCCBr)C2CCC2)c1. The van der Waals surface area contributed by atoms with Crippen LogP contribution in [0.5, 0.6) is 11.5 Å². The summed E-state index contributed by atoms with van der Waals surface area (Å²) in [5.41, 5.74) is 0.632. The molecule has 0 spiro atoms. The minimum absolute atomic E-state index is 0.0675. The van der Waals surface area contributed by atoms with Gasteiger partial charge in [0, 0.05) is 29.5 Å². The van der Waals surface area contributed by atoms with E-state index in [1.54, 1.807) is 32.4 Å². The van der Waals surface area contributed by atoms with Crippen molar-refractivity contribution in [3.63, 3.8) is 0 Å². The van der Waals surface area contributed by atoms with Crippen molar-refractivity contribution in [3.8, 4) is 11.5 Å². The molecule has 116 valence electrons. The smallest absolute Gasteiger partial charge is 0.254 e. The third-order valence-electron chi connectivity index (χ3n) is 3.91. The van der Waals surface area contributed by atoms with E-state index in [1.807, 2.05) is 4.90 Å². The number of alkyl halides is 1. The minimum atomic E-state index is 0.0675. The molecule has 4 nitrogen and oxygen atoms in total. The van der Waals surface area contributed by atoms with Gasteiger partial charge in [0.1, 0.15) is 11.5 Å². The van der Waals surface area contributed by atoms with Gasteiger partial charge in [0.2, 0.25) is 0 Å². The third kappa shape index (κ3) is 3.90. The average molecular weight is 356 g/mol. The number of nitrogens with zero attached hydrogens (tertiary/aromatic N) is 1. The molecule has 0 heterocycles. The van der Waals surface area contributed by atoms with Gasteiger partial charge in [-0.3, -0.25) is 4.79 Å². The number of halogens is 1. The van der Waals surface area contributed by atoms with Gasteiger partial charge in [-0.2, -0.15) is 0 Å². The number of benzene rings is 1. The van der Waals surface area contributed by atoms with Crippen molar-refractivity contribution in [2.24, 2.45) is 0 Å². The van der Waals surface area contributed by atoms with E-state index in [0.29, 0.717) is 23.1 Å². The number of methoxy groups -OCH3 is 2. The highest BCUT2D eigenvalue weighted by molar-refractivity contribution is 9.09. The van der Waals surface area contributed by atoms with Crippen molar-refractivity contribution in [1.29, 1.82) is 0 Å². The Bertz CT molecular complexity index is 466. The van der Waals surface area contributed by atoms with Gasteiger partial charge in [0.15, 0.2) is 0 Å². The van der Waals surface area contributed by atoms with E-state index in [9.17, 15) is 4.79 Å². The molecule has 0 bridgehead atoms. The highest BCUT2D eigenvalue weighted by Gasteiger charge is 2.29. The van der Waals surface area contributed by atoms with Crippen LogP contribution in [0.3, 0.4) is 0 Å². The van der Waals surface area contributed by atoms with E-state index in [4.69, 9.17) is 9.47 Å². The second kappa shape index (κ2) is 7.69. The molecule has 0 aliphatic heterocycles. The summed E-state index contributed by atoms with van der Waals surface area (Å²) in [5, 5.41) is 0.908. The zero-order valence-corrected chi connectivity index (χ0v) is 14.2. The van der Waals surface area contributed by atoms with Gasteiger partial charge in [0.25, 0.3) is 5.91 Å². The lowest BCUT2D eigenvalue weighted by molar-refractivity contribution is 0.0580. The summed E-state index contributed by atoms with van der Waals surface area (Å²) in [6.07, 6.45) is 4.39. The second-order valence-electron chi connectivity index (χ2n) is 5.23. The van der Waals surface area contributed by atoms with Crippen molar-refractivity contribution in [1.82, 2.24) is 4.90 Å². The molecule has 0 atom stereocenters. The zero-order valence-electron chi connectivity index (χ0n) is 12.6. The fourth-order valence-electron chi connectivity index (χ4n) is 2.48. The van der Waals surface area contributed by atoms with Crippen LogP contribution in [-0.4, -0.2) is 42.9 Å². The van der Waals surface area contributed by atoms with Crippen LogP contribution in [0, 0.1) is 0 Å². The average Bonchev–Trinajstić information content (AvgIpc) is 2.48. The van der Waals surface area contributed by atoms with Gasteiger partial charge < -0.3 is 14.4 Å². The first kappa shape index (κ1) is 16.1. The molecule has 2 rings (SSSR count). The fraction of sp³-hybridized carbons (Fsp3) is 0.562. The molecular weight excluding hydrogens is 334 g/mol. The van der Waals surface area contributed by atoms with Crippen LogP contribution in [0.1, 0.15) is 36.0 Å². The number of rotatable bonds is 7. The summed E-state index contributed by atoms with van der Waals surface area (Å²) in [6.45, 7) is 0.786.